The van der Waals surface area contributed by atoms with Crippen molar-refractivity contribution in [2.45, 2.75) is 44.4 Å². The molecule has 94 valence electrons. The van der Waals surface area contributed by atoms with Crippen LogP contribution in [0.25, 0.3) is 0 Å². The van der Waals surface area contributed by atoms with Crippen LogP contribution < -0.4 is 5.73 Å². The van der Waals surface area contributed by atoms with E-state index in [4.69, 9.17) is 5.73 Å². The smallest absolute Gasteiger partial charge is 0.0104 e. The lowest BCUT2D eigenvalue weighted by Gasteiger charge is -2.25. The van der Waals surface area contributed by atoms with Crippen LogP contribution in [0.2, 0.25) is 0 Å². The maximum atomic E-state index is 5.68. The molecule has 0 unspecified atom stereocenters. The van der Waals surface area contributed by atoms with Gasteiger partial charge in [-0.3, -0.25) is 0 Å². The Labute approximate surface area is 109 Å². The van der Waals surface area contributed by atoms with E-state index in [2.05, 4.69) is 32.0 Å². The molecule has 1 aliphatic rings. The van der Waals surface area contributed by atoms with Gasteiger partial charge in [-0.1, -0.05) is 26.0 Å². The fraction of sp³-hybridized carbons (Fsp3) is 0.600. The molecule has 2 heteroatoms. The summed E-state index contributed by atoms with van der Waals surface area (Å²) in [5, 5.41) is 0. The zero-order valence-corrected chi connectivity index (χ0v) is 11.8. The molecule has 0 spiro atoms. The Balaban J connectivity index is 2.11. The highest BCUT2D eigenvalue weighted by atomic mass is 32.2. The maximum Gasteiger partial charge on any atom is 0.0104 e. The molecule has 0 aromatic heterocycles. The fourth-order valence-electron chi connectivity index (χ4n) is 2.56. The van der Waals surface area contributed by atoms with Gasteiger partial charge in [0, 0.05) is 4.90 Å². The highest BCUT2D eigenvalue weighted by Crippen LogP contribution is 2.32. The number of hydrogen-bond donors (Lipinski definition) is 1. The topological polar surface area (TPSA) is 26.0 Å². The van der Waals surface area contributed by atoms with Crippen LogP contribution in [0.5, 0.6) is 0 Å². The molecule has 17 heavy (non-hydrogen) atoms. The molecule has 0 radical (unpaired) electrons. The minimum Gasteiger partial charge on any atom is -0.330 e. The average molecular weight is 249 g/mol. The second-order valence-electron chi connectivity index (χ2n) is 5.77. The van der Waals surface area contributed by atoms with Crippen molar-refractivity contribution in [1.82, 2.24) is 0 Å². The first-order chi connectivity index (χ1) is 8.11. The number of hydrogen-bond acceptors (Lipinski definition) is 2. The monoisotopic (exact) mass is 249 g/mol. The second kappa shape index (κ2) is 5.45. The number of rotatable bonds is 4. The Morgan fingerprint density at radius 2 is 2.18 bits per heavy atom. The van der Waals surface area contributed by atoms with Crippen molar-refractivity contribution >= 4 is 11.8 Å². The van der Waals surface area contributed by atoms with Crippen LogP contribution in [0, 0.1) is 5.41 Å². The molecule has 0 aliphatic carbocycles. The van der Waals surface area contributed by atoms with E-state index >= 15 is 0 Å². The lowest BCUT2D eigenvalue weighted by molar-refractivity contribution is 0.338. The summed E-state index contributed by atoms with van der Waals surface area (Å²) in [6.07, 6.45) is 4.82. The van der Waals surface area contributed by atoms with Crippen molar-refractivity contribution in [2.24, 2.45) is 11.1 Å². The van der Waals surface area contributed by atoms with E-state index in [1.165, 1.54) is 29.1 Å². The van der Waals surface area contributed by atoms with Crippen molar-refractivity contribution < 1.29 is 0 Å². The Morgan fingerprint density at radius 3 is 2.94 bits per heavy atom. The van der Waals surface area contributed by atoms with Gasteiger partial charge in [-0.15, -0.1) is 11.8 Å². The van der Waals surface area contributed by atoms with E-state index in [9.17, 15) is 0 Å². The first kappa shape index (κ1) is 13.0. The summed E-state index contributed by atoms with van der Waals surface area (Å²) in [6, 6.07) is 7.03. The van der Waals surface area contributed by atoms with Crippen molar-refractivity contribution in [1.29, 1.82) is 0 Å². The van der Waals surface area contributed by atoms with Crippen LogP contribution in [0.15, 0.2) is 23.1 Å². The zero-order valence-electron chi connectivity index (χ0n) is 11.0. The molecule has 0 bridgehead atoms. The van der Waals surface area contributed by atoms with Gasteiger partial charge in [-0.25, -0.2) is 0 Å². The van der Waals surface area contributed by atoms with E-state index in [1.54, 1.807) is 5.56 Å². The maximum absolute atomic E-state index is 5.68. The first-order valence-corrected chi connectivity index (χ1v) is 7.54. The van der Waals surface area contributed by atoms with Gasteiger partial charge in [0.15, 0.2) is 0 Å². The standard InChI is InChI=1S/C15H23NS/c1-15(2,7-8-16)11-12-5-6-14-13(10-12)4-3-9-17-14/h5-6,10H,3-4,7-9,11,16H2,1-2H3. The van der Waals surface area contributed by atoms with Crippen molar-refractivity contribution in [3.63, 3.8) is 0 Å². The number of thioether (sulfide) groups is 1. The lowest BCUT2D eigenvalue weighted by atomic mass is 9.82. The summed E-state index contributed by atoms with van der Waals surface area (Å²) in [4.78, 5) is 1.50. The normalized spacial score (nSPS) is 15.7. The van der Waals surface area contributed by atoms with E-state index in [0.717, 1.165) is 19.4 Å². The molecule has 0 atom stereocenters. The Hall–Kier alpha value is -0.470. The molecule has 1 aromatic rings. The van der Waals surface area contributed by atoms with E-state index in [-0.39, 0.29) is 0 Å². The molecular weight excluding hydrogens is 226 g/mol. The summed E-state index contributed by atoms with van der Waals surface area (Å²) in [5.41, 5.74) is 9.03. The third-order valence-corrected chi connectivity index (χ3v) is 4.68. The largest absolute Gasteiger partial charge is 0.330 e. The third kappa shape index (κ3) is 3.49. The van der Waals surface area contributed by atoms with Gasteiger partial charge in [-0.2, -0.15) is 0 Å². The summed E-state index contributed by atoms with van der Waals surface area (Å²) >= 11 is 2.01. The summed E-state index contributed by atoms with van der Waals surface area (Å²) in [5.74, 6) is 1.28. The molecule has 0 fully saturated rings. The van der Waals surface area contributed by atoms with Gasteiger partial charge in [0.05, 0.1) is 0 Å². The summed E-state index contributed by atoms with van der Waals surface area (Å²) < 4.78 is 0. The van der Waals surface area contributed by atoms with Crippen molar-refractivity contribution in [3.8, 4) is 0 Å². The summed E-state index contributed by atoms with van der Waals surface area (Å²) in [6.45, 7) is 5.41. The van der Waals surface area contributed by atoms with Crippen LogP contribution in [0.1, 0.15) is 37.8 Å². The number of benzene rings is 1. The van der Waals surface area contributed by atoms with Gasteiger partial charge < -0.3 is 5.73 Å². The van der Waals surface area contributed by atoms with Crippen molar-refractivity contribution in [2.75, 3.05) is 12.3 Å². The Bertz CT molecular complexity index is 385. The number of fused-ring (bicyclic) bond motifs is 1. The molecule has 1 heterocycles. The third-order valence-electron chi connectivity index (χ3n) is 3.48. The van der Waals surface area contributed by atoms with Gasteiger partial charge in [0.25, 0.3) is 0 Å². The molecule has 0 saturated carbocycles. The Kier molecular flexibility index (Phi) is 4.16. The minimum atomic E-state index is 0.324. The number of aryl methyl sites for hydroxylation is 1. The predicted molar refractivity (Wildman–Crippen MR) is 76.6 cm³/mol. The Morgan fingerprint density at radius 1 is 1.35 bits per heavy atom. The molecular formula is C15H23NS. The molecule has 1 nitrogen and oxygen atoms in total. The fourth-order valence-corrected chi connectivity index (χ4v) is 3.57. The van der Waals surface area contributed by atoms with E-state index in [0.29, 0.717) is 5.41 Å². The van der Waals surface area contributed by atoms with Gasteiger partial charge in [0.1, 0.15) is 0 Å². The quantitative estimate of drug-likeness (QED) is 0.881. The van der Waals surface area contributed by atoms with Crippen LogP contribution in [0.3, 0.4) is 0 Å². The molecule has 1 aromatic carbocycles. The lowest BCUT2D eigenvalue weighted by Crippen LogP contribution is -2.20. The van der Waals surface area contributed by atoms with E-state index in [1.807, 2.05) is 11.8 Å². The van der Waals surface area contributed by atoms with Gasteiger partial charge >= 0.3 is 0 Å². The van der Waals surface area contributed by atoms with Gasteiger partial charge in [0.2, 0.25) is 0 Å². The predicted octanol–water partition coefficient (Wildman–Crippen LogP) is 3.64. The van der Waals surface area contributed by atoms with Crippen LogP contribution in [-0.2, 0) is 12.8 Å². The first-order valence-electron chi connectivity index (χ1n) is 6.55. The van der Waals surface area contributed by atoms with Gasteiger partial charge in [-0.05, 0) is 60.6 Å². The highest BCUT2D eigenvalue weighted by molar-refractivity contribution is 7.99. The van der Waals surface area contributed by atoms with Crippen molar-refractivity contribution in [3.05, 3.63) is 29.3 Å². The highest BCUT2D eigenvalue weighted by Gasteiger charge is 2.18. The average Bonchev–Trinajstić information content (AvgIpc) is 2.28. The van der Waals surface area contributed by atoms with Crippen LogP contribution in [0.4, 0.5) is 0 Å². The molecule has 2 N–H and O–H groups in total. The van der Waals surface area contributed by atoms with Crippen LogP contribution >= 0.6 is 11.8 Å². The molecule has 2 rings (SSSR count). The minimum absolute atomic E-state index is 0.324. The van der Waals surface area contributed by atoms with E-state index < -0.39 is 0 Å². The number of nitrogens with two attached hydrogens (primary N) is 1. The SMILES string of the molecule is CC(C)(CCN)Cc1ccc2c(c1)CCCS2. The summed E-state index contributed by atoms with van der Waals surface area (Å²) in [7, 11) is 0. The molecule has 0 saturated heterocycles. The molecule has 1 aliphatic heterocycles. The van der Waals surface area contributed by atoms with Crippen LogP contribution in [-0.4, -0.2) is 12.3 Å². The molecule has 0 amide bonds. The zero-order chi connectivity index (χ0) is 12.3. The second-order valence-corrected chi connectivity index (χ2v) is 6.91.